The molecule has 1 aromatic rings. The van der Waals surface area contributed by atoms with Crippen molar-refractivity contribution in [3.8, 4) is 5.75 Å². The van der Waals surface area contributed by atoms with Crippen LogP contribution < -0.4 is 4.74 Å². The lowest BCUT2D eigenvalue weighted by Gasteiger charge is -2.11. The maximum atomic E-state index is 13.3. The summed E-state index contributed by atoms with van der Waals surface area (Å²) in [5.74, 6) is -0.268. The van der Waals surface area contributed by atoms with Gasteiger partial charge in [0, 0.05) is 0 Å². The molecule has 1 N–H and O–H groups in total. The van der Waals surface area contributed by atoms with Crippen molar-refractivity contribution in [3.05, 3.63) is 28.0 Å². The third-order valence-corrected chi connectivity index (χ3v) is 3.05. The largest absolute Gasteiger partial charge is 0.494 e. The zero-order chi connectivity index (χ0) is 10.3. The normalized spacial score (nSPS) is 18.0. The van der Waals surface area contributed by atoms with Crippen LogP contribution in [0.5, 0.6) is 5.75 Å². The van der Waals surface area contributed by atoms with Crippen molar-refractivity contribution in [2.45, 2.75) is 18.4 Å². The van der Waals surface area contributed by atoms with E-state index in [2.05, 4.69) is 15.9 Å². The van der Waals surface area contributed by atoms with Crippen molar-refractivity contribution in [3.63, 3.8) is 0 Å². The second kappa shape index (κ2) is 3.21. The standard InChI is InChI=1S/C10H10BrFO2/c1-14-8-5-6(10(13)2-3-10)4-7(11)9(8)12/h4-5,13H,2-3H2,1H3. The van der Waals surface area contributed by atoms with Gasteiger partial charge >= 0.3 is 0 Å². The molecule has 0 unspecified atom stereocenters. The van der Waals surface area contributed by atoms with E-state index in [-0.39, 0.29) is 5.75 Å². The molecule has 0 heterocycles. The topological polar surface area (TPSA) is 29.5 Å². The maximum absolute atomic E-state index is 13.3. The molecule has 1 aliphatic carbocycles. The van der Waals surface area contributed by atoms with Gasteiger partial charge in [-0.3, -0.25) is 0 Å². The third kappa shape index (κ3) is 1.53. The minimum Gasteiger partial charge on any atom is -0.494 e. The van der Waals surface area contributed by atoms with Gasteiger partial charge in [-0.1, -0.05) is 0 Å². The molecule has 0 radical (unpaired) electrons. The van der Waals surface area contributed by atoms with Crippen LogP contribution in [0.25, 0.3) is 0 Å². The lowest BCUT2D eigenvalue weighted by molar-refractivity contribution is 0.151. The Balaban J connectivity index is 2.48. The number of ether oxygens (including phenoxy) is 1. The van der Waals surface area contributed by atoms with Gasteiger partial charge in [-0.25, -0.2) is 4.39 Å². The first kappa shape index (κ1) is 9.93. The fourth-order valence-corrected chi connectivity index (χ4v) is 1.83. The van der Waals surface area contributed by atoms with Crippen LogP contribution in [0.15, 0.2) is 16.6 Å². The van der Waals surface area contributed by atoms with Crippen LogP contribution in [0.4, 0.5) is 4.39 Å². The monoisotopic (exact) mass is 260 g/mol. The van der Waals surface area contributed by atoms with E-state index in [1.165, 1.54) is 7.11 Å². The molecule has 1 aromatic carbocycles. The summed E-state index contributed by atoms with van der Waals surface area (Å²) < 4.78 is 18.5. The van der Waals surface area contributed by atoms with Crippen molar-refractivity contribution < 1.29 is 14.2 Å². The number of rotatable bonds is 2. The van der Waals surface area contributed by atoms with E-state index >= 15 is 0 Å². The zero-order valence-electron chi connectivity index (χ0n) is 7.68. The van der Waals surface area contributed by atoms with Crippen molar-refractivity contribution in [1.29, 1.82) is 0 Å². The minimum atomic E-state index is -0.760. The van der Waals surface area contributed by atoms with E-state index < -0.39 is 11.4 Å². The number of halogens is 2. The van der Waals surface area contributed by atoms with Gasteiger partial charge in [0.25, 0.3) is 0 Å². The summed E-state index contributed by atoms with van der Waals surface area (Å²) in [5, 5.41) is 9.84. The average Bonchev–Trinajstić information content (AvgIpc) is 2.89. The number of benzene rings is 1. The lowest BCUT2D eigenvalue weighted by atomic mass is 10.1. The molecule has 0 saturated heterocycles. The van der Waals surface area contributed by atoms with Crippen LogP contribution in [-0.2, 0) is 5.60 Å². The number of hydrogen-bond acceptors (Lipinski definition) is 2. The highest BCUT2D eigenvalue weighted by Crippen LogP contribution is 2.47. The Morgan fingerprint density at radius 3 is 2.64 bits per heavy atom. The molecule has 2 rings (SSSR count). The molecule has 1 aliphatic rings. The molecule has 0 bridgehead atoms. The van der Waals surface area contributed by atoms with E-state index in [1.807, 2.05) is 0 Å². The SMILES string of the molecule is COc1cc(C2(O)CC2)cc(Br)c1F. The van der Waals surface area contributed by atoms with Gasteiger partial charge in [0.05, 0.1) is 17.2 Å². The third-order valence-electron chi connectivity index (χ3n) is 2.48. The van der Waals surface area contributed by atoms with Gasteiger partial charge < -0.3 is 9.84 Å². The highest BCUT2D eigenvalue weighted by atomic mass is 79.9. The summed E-state index contributed by atoms with van der Waals surface area (Å²) in [6.07, 6.45) is 1.46. The molecule has 0 spiro atoms. The Bertz CT molecular complexity index is 375. The molecular formula is C10H10BrFO2. The highest BCUT2D eigenvalue weighted by Gasteiger charge is 2.42. The first-order valence-electron chi connectivity index (χ1n) is 4.33. The van der Waals surface area contributed by atoms with Gasteiger partial charge in [0.15, 0.2) is 11.6 Å². The molecule has 0 aromatic heterocycles. The van der Waals surface area contributed by atoms with Crippen LogP contribution in [-0.4, -0.2) is 12.2 Å². The summed E-state index contributed by atoms with van der Waals surface area (Å²) in [6.45, 7) is 0. The Morgan fingerprint density at radius 2 is 2.14 bits per heavy atom. The number of aliphatic hydroxyl groups is 1. The Morgan fingerprint density at radius 1 is 1.50 bits per heavy atom. The summed E-state index contributed by atoms with van der Waals surface area (Å²) >= 11 is 3.09. The zero-order valence-corrected chi connectivity index (χ0v) is 9.27. The smallest absolute Gasteiger partial charge is 0.179 e. The Kier molecular flexibility index (Phi) is 2.27. The second-order valence-electron chi connectivity index (χ2n) is 3.51. The summed E-state index contributed by atoms with van der Waals surface area (Å²) in [7, 11) is 1.41. The van der Waals surface area contributed by atoms with E-state index in [9.17, 15) is 9.50 Å². The van der Waals surface area contributed by atoms with Crippen LogP contribution in [0.1, 0.15) is 18.4 Å². The van der Waals surface area contributed by atoms with Crippen molar-refractivity contribution in [2.24, 2.45) is 0 Å². The molecule has 1 fully saturated rings. The number of hydrogen-bond donors (Lipinski definition) is 1. The molecule has 0 amide bonds. The maximum Gasteiger partial charge on any atom is 0.179 e. The average molecular weight is 261 g/mol. The van der Waals surface area contributed by atoms with Gasteiger partial charge in [0.1, 0.15) is 0 Å². The van der Waals surface area contributed by atoms with Crippen LogP contribution in [0.2, 0.25) is 0 Å². The van der Waals surface area contributed by atoms with Gasteiger partial charge in [0.2, 0.25) is 0 Å². The van der Waals surface area contributed by atoms with Crippen LogP contribution >= 0.6 is 15.9 Å². The summed E-state index contributed by atoms with van der Waals surface area (Å²) in [4.78, 5) is 0. The quantitative estimate of drug-likeness (QED) is 0.886. The predicted octanol–water partition coefficient (Wildman–Crippen LogP) is 2.58. The van der Waals surface area contributed by atoms with E-state index in [0.717, 1.165) is 12.8 Å². The first-order chi connectivity index (χ1) is 6.57. The lowest BCUT2D eigenvalue weighted by Crippen LogP contribution is -2.05. The van der Waals surface area contributed by atoms with Crippen LogP contribution in [0.3, 0.4) is 0 Å². The number of methoxy groups -OCH3 is 1. The summed E-state index contributed by atoms with van der Waals surface area (Å²) in [5.41, 5.74) is -0.0497. The molecule has 76 valence electrons. The van der Waals surface area contributed by atoms with E-state index in [0.29, 0.717) is 10.0 Å². The van der Waals surface area contributed by atoms with Gasteiger partial charge in [-0.2, -0.15) is 0 Å². The van der Waals surface area contributed by atoms with E-state index in [4.69, 9.17) is 4.74 Å². The summed E-state index contributed by atoms with van der Waals surface area (Å²) in [6, 6.07) is 3.15. The molecule has 14 heavy (non-hydrogen) atoms. The fourth-order valence-electron chi connectivity index (χ4n) is 1.39. The molecule has 2 nitrogen and oxygen atoms in total. The minimum absolute atomic E-state index is 0.162. The van der Waals surface area contributed by atoms with Crippen molar-refractivity contribution >= 4 is 15.9 Å². The Hall–Kier alpha value is -0.610. The van der Waals surface area contributed by atoms with Gasteiger partial charge in [-0.15, -0.1) is 0 Å². The van der Waals surface area contributed by atoms with Crippen molar-refractivity contribution in [2.75, 3.05) is 7.11 Å². The molecule has 4 heteroatoms. The Labute approximate surface area is 89.8 Å². The molecule has 0 atom stereocenters. The predicted molar refractivity (Wildman–Crippen MR) is 53.8 cm³/mol. The molecule has 1 saturated carbocycles. The van der Waals surface area contributed by atoms with Crippen LogP contribution in [0, 0.1) is 5.82 Å². The fraction of sp³-hybridized carbons (Fsp3) is 0.400. The second-order valence-corrected chi connectivity index (χ2v) is 4.36. The molecule has 0 aliphatic heterocycles. The van der Waals surface area contributed by atoms with Crippen molar-refractivity contribution in [1.82, 2.24) is 0 Å². The van der Waals surface area contributed by atoms with Gasteiger partial charge in [-0.05, 0) is 46.5 Å². The van der Waals surface area contributed by atoms with E-state index in [1.54, 1.807) is 12.1 Å². The first-order valence-corrected chi connectivity index (χ1v) is 5.12. The highest BCUT2D eigenvalue weighted by molar-refractivity contribution is 9.10. The molecular weight excluding hydrogens is 251 g/mol.